The second-order valence-electron chi connectivity index (χ2n) is 6.51. The number of esters is 1. The maximum absolute atomic E-state index is 12.6. The maximum Gasteiger partial charge on any atom is 0.355 e. The Hall–Kier alpha value is -1.45. The monoisotopic (exact) mass is 379 g/mol. The highest BCUT2D eigenvalue weighted by molar-refractivity contribution is 6.42. The van der Waals surface area contributed by atoms with Gasteiger partial charge in [-0.05, 0) is 68.4 Å². The number of benzene rings is 1. The molecule has 0 atom stereocenters. The minimum absolute atomic E-state index is 0.242. The number of aromatic nitrogens is 1. The SMILES string of the molecule is CCOC(=O)c1c(C)c2c(n1Cc1ccc(Cl)c(Cl)c1)CCCCC2. The van der Waals surface area contributed by atoms with Gasteiger partial charge < -0.3 is 9.30 Å². The molecule has 5 heteroatoms. The molecule has 25 heavy (non-hydrogen) atoms. The molecule has 0 N–H and O–H groups in total. The number of rotatable bonds is 4. The zero-order valence-corrected chi connectivity index (χ0v) is 16.2. The smallest absolute Gasteiger partial charge is 0.355 e. The van der Waals surface area contributed by atoms with Gasteiger partial charge in [0.05, 0.1) is 16.7 Å². The highest BCUT2D eigenvalue weighted by Crippen LogP contribution is 2.31. The Kier molecular flexibility index (Phi) is 5.75. The van der Waals surface area contributed by atoms with Gasteiger partial charge in [-0.15, -0.1) is 0 Å². The number of nitrogens with zero attached hydrogens (tertiary/aromatic N) is 1. The van der Waals surface area contributed by atoms with E-state index in [9.17, 15) is 4.79 Å². The molecule has 134 valence electrons. The summed E-state index contributed by atoms with van der Waals surface area (Å²) in [6.07, 6.45) is 5.58. The fraction of sp³-hybridized carbons (Fsp3) is 0.450. The molecule has 0 spiro atoms. The van der Waals surface area contributed by atoms with E-state index in [1.807, 2.05) is 26.0 Å². The van der Waals surface area contributed by atoms with Crippen molar-refractivity contribution < 1.29 is 9.53 Å². The third-order valence-electron chi connectivity index (χ3n) is 4.89. The lowest BCUT2D eigenvalue weighted by Crippen LogP contribution is -2.16. The topological polar surface area (TPSA) is 31.2 Å². The highest BCUT2D eigenvalue weighted by Gasteiger charge is 2.26. The summed E-state index contributed by atoms with van der Waals surface area (Å²) in [5, 5.41) is 1.07. The summed E-state index contributed by atoms with van der Waals surface area (Å²) in [5.41, 5.74) is 5.36. The molecule has 3 nitrogen and oxygen atoms in total. The Labute approximate surface area is 158 Å². The van der Waals surface area contributed by atoms with Gasteiger partial charge >= 0.3 is 5.97 Å². The normalized spacial score (nSPS) is 14.1. The summed E-state index contributed by atoms with van der Waals surface area (Å²) in [6, 6.07) is 5.64. The van der Waals surface area contributed by atoms with E-state index >= 15 is 0 Å². The largest absolute Gasteiger partial charge is 0.461 e. The van der Waals surface area contributed by atoms with E-state index in [0.29, 0.717) is 28.9 Å². The van der Waals surface area contributed by atoms with Gasteiger partial charge in [0, 0.05) is 12.2 Å². The average molecular weight is 380 g/mol. The van der Waals surface area contributed by atoms with Crippen molar-refractivity contribution in [2.75, 3.05) is 6.61 Å². The minimum Gasteiger partial charge on any atom is -0.461 e. The van der Waals surface area contributed by atoms with Crippen molar-refractivity contribution in [2.45, 2.75) is 52.5 Å². The van der Waals surface area contributed by atoms with E-state index in [1.54, 1.807) is 6.07 Å². The molecule has 0 saturated heterocycles. The van der Waals surface area contributed by atoms with Crippen LogP contribution in [0.2, 0.25) is 10.0 Å². The van der Waals surface area contributed by atoms with Gasteiger partial charge in [-0.25, -0.2) is 4.79 Å². The van der Waals surface area contributed by atoms with Gasteiger partial charge in [-0.1, -0.05) is 35.7 Å². The molecule has 0 aliphatic heterocycles. The summed E-state index contributed by atoms with van der Waals surface area (Å²) in [7, 11) is 0. The first-order chi connectivity index (χ1) is 12.0. The Bertz CT molecular complexity index is 795. The third kappa shape index (κ3) is 3.73. The van der Waals surface area contributed by atoms with Gasteiger partial charge in [0.1, 0.15) is 5.69 Å². The van der Waals surface area contributed by atoms with Crippen molar-refractivity contribution >= 4 is 29.2 Å². The van der Waals surface area contributed by atoms with E-state index in [0.717, 1.165) is 30.4 Å². The molecule has 1 aliphatic carbocycles. The first kappa shape index (κ1) is 18.3. The van der Waals surface area contributed by atoms with Crippen LogP contribution in [0.15, 0.2) is 18.2 Å². The number of hydrogen-bond acceptors (Lipinski definition) is 2. The van der Waals surface area contributed by atoms with Crippen molar-refractivity contribution in [3.8, 4) is 0 Å². The number of halogens is 2. The Morgan fingerprint density at radius 1 is 1.16 bits per heavy atom. The molecule has 0 saturated carbocycles. The number of hydrogen-bond donors (Lipinski definition) is 0. The molecule has 0 bridgehead atoms. The zero-order valence-electron chi connectivity index (χ0n) is 14.7. The molecule has 0 unspecified atom stereocenters. The molecule has 3 rings (SSSR count). The first-order valence-electron chi connectivity index (χ1n) is 8.84. The van der Waals surface area contributed by atoms with E-state index in [-0.39, 0.29) is 5.97 Å². The van der Waals surface area contributed by atoms with Gasteiger partial charge in [0.2, 0.25) is 0 Å². The standard InChI is InChI=1S/C20H23Cl2NO2/c1-3-25-20(24)19-13(2)15-7-5-4-6-8-18(15)23(19)12-14-9-10-16(21)17(22)11-14/h9-11H,3-8,12H2,1-2H3. The van der Waals surface area contributed by atoms with Crippen molar-refractivity contribution in [1.82, 2.24) is 4.57 Å². The summed E-state index contributed by atoms with van der Waals surface area (Å²) in [6.45, 7) is 4.86. The van der Waals surface area contributed by atoms with Crippen LogP contribution in [0.4, 0.5) is 0 Å². The first-order valence-corrected chi connectivity index (χ1v) is 9.60. The molecule has 2 aromatic rings. The second kappa shape index (κ2) is 7.84. The van der Waals surface area contributed by atoms with Gasteiger partial charge in [0.15, 0.2) is 0 Å². The second-order valence-corrected chi connectivity index (χ2v) is 7.33. The van der Waals surface area contributed by atoms with Crippen LogP contribution in [0.3, 0.4) is 0 Å². The third-order valence-corrected chi connectivity index (χ3v) is 5.62. The number of carbonyl (C=O) groups is 1. The van der Waals surface area contributed by atoms with Crippen LogP contribution in [0.5, 0.6) is 0 Å². The molecule has 1 aromatic carbocycles. The fourth-order valence-electron chi connectivity index (χ4n) is 3.71. The molecular formula is C20H23Cl2NO2. The molecule has 0 radical (unpaired) electrons. The van der Waals surface area contributed by atoms with Gasteiger partial charge in [-0.3, -0.25) is 0 Å². The average Bonchev–Trinajstić information content (AvgIpc) is 2.75. The predicted molar refractivity (Wildman–Crippen MR) is 102 cm³/mol. The van der Waals surface area contributed by atoms with Crippen LogP contribution in [-0.2, 0) is 24.1 Å². The van der Waals surface area contributed by atoms with Crippen LogP contribution >= 0.6 is 23.2 Å². The van der Waals surface area contributed by atoms with E-state index in [1.165, 1.54) is 24.1 Å². The lowest BCUT2D eigenvalue weighted by Gasteiger charge is -2.14. The zero-order chi connectivity index (χ0) is 18.0. The summed E-state index contributed by atoms with van der Waals surface area (Å²) in [4.78, 5) is 12.6. The molecular weight excluding hydrogens is 357 g/mol. The minimum atomic E-state index is -0.242. The quantitative estimate of drug-likeness (QED) is 0.511. The summed E-state index contributed by atoms with van der Waals surface area (Å²) >= 11 is 12.2. The van der Waals surface area contributed by atoms with Crippen molar-refractivity contribution in [3.05, 3.63) is 56.3 Å². The predicted octanol–water partition coefficient (Wildman–Crippen LogP) is 5.60. The molecule has 0 amide bonds. The number of carbonyl (C=O) groups excluding carboxylic acids is 1. The lowest BCUT2D eigenvalue weighted by atomic mass is 10.1. The van der Waals surface area contributed by atoms with Crippen LogP contribution in [0.25, 0.3) is 0 Å². The molecule has 1 heterocycles. The fourth-order valence-corrected chi connectivity index (χ4v) is 4.03. The Morgan fingerprint density at radius 2 is 1.92 bits per heavy atom. The van der Waals surface area contributed by atoms with E-state index in [2.05, 4.69) is 4.57 Å². The molecule has 0 fully saturated rings. The number of ether oxygens (including phenoxy) is 1. The van der Waals surface area contributed by atoms with Crippen LogP contribution < -0.4 is 0 Å². The summed E-state index contributed by atoms with van der Waals surface area (Å²) in [5.74, 6) is -0.242. The number of fused-ring (bicyclic) bond motifs is 1. The molecule has 1 aromatic heterocycles. The van der Waals surface area contributed by atoms with Crippen molar-refractivity contribution in [3.63, 3.8) is 0 Å². The van der Waals surface area contributed by atoms with Crippen LogP contribution in [0.1, 0.15) is 59.1 Å². The van der Waals surface area contributed by atoms with E-state index in [4.69, 9.17) is 27.9 Å². The van der Waals surface area contributed by atoms with Crippen molar-refractivity contribution in [1.29, 1.82) is 0 Å². The van der Waals surface area contributed by atoms with Crippen LogP contribution in [-0.4, -0.2) is 17.1 Å². The van der Waals surface area contributed by atoms with Crippen LogP contribution in [0, 0.1) is 6.92 Å². The Balaban J connectivity index is 2.08. The van der Waals surface area contributed by atoms with E-state index < -0.39 is 0 Å². The van der Waals surface area contributed by atoms with Crippen molar-refractivity contribution in [2.24, 2.45) is 0 Å². The van der Waals surface area contributed by atoms with Gasteiger partial charge in [0.25, 0.3) is 0 Å². The molecule has 1 aliphatic rings. The highest BCUT2D eigenvalue weighted by atomic mass is 35.5. The lowest BCUT2D eigenvalue weighted by molar-refractivity contribution is 0.0513. The maximum atomic E-state index is 12.6. The Morgan fingerprint density at radius 3 is 2.64 bits per heavy atom. The van der Waals surface area contributed by atoms with Gasteiger partial charge in [-0.2, -0.15) is 0 Å². The summed E-state index contributed by atoms with van der Waals surface area (Å²) < 4.78 is 7.46.